The van der Waals surface area contributed by atoms with Crippen molar-refractivity contribution in [2.45, 2.75) is 19.3 Å². The first-order valence-corrected chi connectivity index (χ1v) is 6.54. The van der Waals surface area contributed by atoms with E-state index in [1.807, 2.05) is 12.1 Å². The van der Waals surface area contributed by atoms with Gasteiger partial charge in [-0.3, -0.25) is 4.79 Å². The molecule has 1 aromatic rings. The fourth-order valence-electron chi connectivity index (χ4n) is 1.16. The first-order chi connectivity index (χ1) is 7.22. The highest BCUT2D eigenvalue weighted by Gasteiger charge is 2.04. The molecule has 0 spiro atoms. The van der Waals surface area contributed by atoms with Gasteiger partial charge in [0.15, 0.2) is 0 Å². The summed E-state index contributed by atoms with van der Waals surface area (Å²) in [4.78, 5) is 12.5. The summed E-state index contributed by atoms with van der Waals surface area (Å²) >= 11 is 4.96. The summed E-state index contributed by atoms with van der Waals surface area (Å²) in [6.45, 7) is 1.41. The van der Waals surface area contributed by atoms with Gasteiger partial charge < -0.3 is 11.1 Å². The molecule has 0 bridgehead atoms. The summed E-state index contributed by atoms with van der Waals surface area (Å²) < 4.78 is 1.06. The molecule has 0 saturated heterocycles. The van der Waals surface area contributed by atoms with Gasteiger partial charge in [0.05, 0.1) is 10.2 Å². The second-order valence-electron chi connectivity index (χ2n) is 3.23. The van der Waals surface area contributed by atoms with Gasteiger partial charge in [-0.1, -0.05) is 0 Å². The monoisotopic (exact) mass is 290 g/mol. The van der Waals surface area contributed by atoms with E-state index in [-0.39, 0.29) is 5.91 Å². The summed E-state index contributed by atoms with van der Waals surface area (Å²) in [6.07, 6.45) is 2.39. The van der Waals surface area contributed by atoms with E-state index in [2.05, 4.69) is 21.2 Å². The minimum Gasteiger partial charge on any atom is -0.356 e. The number of nitrogens with two attached hydrogens (primary N) is 1. The van der Waals surface area contributed by atoms with Crippen LogP contribution in [0.5, 0.6) is 0 Å². The predicted octanol–water partition coefficient (Wildman–Crippen LogP) is 1.91. The number of amides is 1. The summed E-state index contributed by atoms with van der Waals surface area (Å²) in [5, 5.41) is 2.87. The van der Waals surface area contributed by atoms with Gasteiger partial charge in [-0.2, -0.15) is 0 Å². The number of hydrogen-bond acceptors (Lipinski definition) is 3. The van der Waals surface area contributed by atoms with Crippen LogP contribution >= 0.6 is 27.3 Å². The maximum absolute atomic E-state index is 11.4. The van der Waals surface area contributed by atoms with Crippen LogP contribution in [-0.4, -0.2) is 19.0 Å². The summed E-state index contributed by atoms with van der Waals surface area (Å²) in [7, 11) is 0. The van der Waals surface area contributed by atoms with Crippen LogP contribution in [0.4, 0.5) is 0 Å². The number of unbranched alkanes of at least 4 members (excludes halogenated alkanes) is 1. The van der Waals surface area contributed by atoms with Gasteiger partial charge in [-0.05, 0) is 47.4 Å². The molecule has 0 aliphatic carbocycles. The fraction of sp³-hybridized carbons (Fsp3) is 0.500. The highest BCUT2D eigenvalue weighted by Crippen LogP contribution is 2.22. The number of hydrogen-bond donors (Lipinski definition) is 2. The lowest BCUT2D eigenvalue weighted by Gasteiger charge is -2.02. The van der Waals surface area contributed by atoms with Gasteiger partial charge in [0.25, 0.3) is 0 Å². The number of carbonyl (C=O) groups is 1. The first-order valence-electron chi connectivity index (χ1n) is 4.93. The molecule has 0 saturated carbocycles. The SMILES string of the molecule is NCCCCNC(=O)Cc1ccc(Br)s1. The average Bonchev–Trinajstić information content (AvgIpc) is 2.59. The van der Waals surface area contributed by atoms with Gasteiger partial charge in [-0.25, -0.2) is 0 Å². The topological polar surface area (TPSA) is 55.1 Å². The Morgan fingerprint density at radius 1 is 1.47 bits per heavy atom. The number of rotatable bonds is 6. The number of thiophene rings is 1. The van der Waals surface area contributed by atoms with E-state index in [9.17, 15) is 4.79 Å². The van der Waals surface area contributed by atoms with E-state index in [0.717, 1.165) is 28.0 Å². The molecule has 0 atom stereocenters. The van der Waals surface area contributed by atoms with Crippen molar-refractivity contribution in [2.75, 3.05) is 13.1 Å². The van der Waals surface area contributed by atoms with Crippen molar-refractivity contribution in [3.8, 4) is 0 Å². The molecular formula is C10H15BrN2OS. The third-order valence-corrected chi connectivity index (χ3v) is 3.54. The van der Waals surface area contributed by atoms with E-state index >= 15 is 0 Å². The Labute approximate surface area is 102 Å². The lowest BCUT2D eigenvalue weighted by atomic mass is 10.3. The first kappa shape index (κ1) is 12.7. The Kier molecular flexibility index (Phi) is 5.90. The fourth-order valence-corrected chi connectivity index (χ4v) is 2.65. The molecule has 0 aromatic carbocycles. The van der Waals surface area contributed by atoms with Crippen LogP contribution in [0.25, 0.3) is 0 Å². The Balaban J connectivity index is 2.18. The van der Waals surface area contributed by atoms with E-state index in [1.165, 1.54) is 0 Å². The Bertz CT molecular complexity index is 314. The predicted molar refractivity (Wildman–Crippen MR) is 67.0 cm³/mol. The summed E-state index contributed by atoms with van der Waals surface area (Å²) in [5.74, 6) is 0.0846. The highest BCUT2D eigenvalue weighted by atomic mass is 79.9. The van der Waals surface area contributed by atoms with Gasteiger partial charge in [0.2, 0.25) is 5.91 Å². The van der Waals surface area contributed by atoms with E-state index in [0.29, 0.717) is 13.0 Å². The maximum atomic E-state index is 11.4. The van der Waals surface area contributed by atoms with Crippen LogP contribution < -0.4 is 11.1 Å². The molecule has 1 heterocycles. The number of nitrogens with one attached hydrogen (secondary N) is 1. The van der Waals surface area contributed by atoms with Crippen LogP contribution in [0.3, 0.4) is 0 Å². The smallest absolute Gasteiger partial charge is 0.225 e. The number of carbonyl (C=O) groups excluding carboxylic acids is 1. The van der Waals surface area contributed by atoms with Gasteiger partial charge >= 0.3 is 0 Å². The molecule has 5 heteroatoms. The van der Waals surface area contributed by atoms with E-state index in [1.54, 1.807) is 11.3 Å². The molecule has 0 fully saturated rings. The molecule has 15 heavy (non-hydrogen) atoms. The minimum absolute atomic E-state index is 0.0846. The zero-order valence-corrected chi connectivity index (χ0v) is 10.9. The molecular weight excluding hydrogens is 276 g/mol. The van der Waals surface area contributed by atoms with Crippen molar-refractivity contribution in [2.24, 2.45) is 5.73 Å². The van der Waals surface area contributed by atoms with Gasteiger partial charge in [0, 0.05) is 11.4 Å². The van der Waals surface area contributed by atoms with Crippen molar-refractivity contribution < 1.29 is 4.79 Å². The van der Waals surface area contributed by atoms with Crippen LogP contribution in [0.1, 0.15) is 17.7 Å². The van der Waals surface area contributed by atoms with Crippen LogP contribution in [-0.2, 0) is 11.2 Å². The highest BCUT2D eigenvalue weighted by molar-refractivity contribution is 9.11. The lowest BCUT2D eigenvalue weighted by molar-refractivity contribution is -0.120. The van der Waals surface area contributed by atoms with Crippen molar-refractivity contribution in [3.05, 3.63) is 20.8 Å². The summed E-state index contributed by atoms with van der Waals surface area (Å²) in [5.41, 5.74) is 5.36. The molecule has 0 radical (unpaired) electrons. The Hall–Kier alpha value is -0.390. The third-order valence-electron chi connectivity index (χ3n) is 1.92. The normalized spacial score (nSPS) is 10.3. The van der Waals surface area contributed by atoms with Gasteiger partial charge in [0.1, 0.15) is 0 Å². The standard InChI is InChI=1S/C10H15BrN2OS/c11-9-4-3-8(15-9)7-10(14)13-6-2-1-5-12/h3-4H,1-2,5-7,12H2,(H,13,14). The summed E-state index contributed by atoms with van der Waals surface area (Å²) in [6, 6.07) is 3.93. The lowest BCUT2D eigenvalue weighted by Crippen LogP contribution is -2.26. The molecule has 3 nitrogen and oxygen atoms in total. The molecule has 0 aliphatic heterocycles. The zero-order valence-electron chi connectivity index (χ0n) is 8.46. The quantitative estimate of drug-likeness (QED) is 0.787. The van der Waals surface area contributed by atoms with Crippen molar-refractivity contribution in [1.82, 2.24) is 5.32 Å². The van der Waals surface area contributed by atoms with Crippen molar-refractivity contribution >= 4 is 33.2 Å². The zero-order chi connectivity index (χ0) is 11.1. The van der Waals surface area contributed by atoms with E-state index < -0.39 is 0 Å². The van der Waals surface area contributed by atoms with Gasteiger partial charge in [-0.15, -0.1) is 11.3 Å². The molecule has 1 amide bonds. The van der Waals surface area contributed by atoms with Crippen molar-refractivity contribution in [3.63, 3.8) is 0 Å². The van der Waals surface area contributed by atoms with Crippen molar-refractivity contribution in [1.29, 1.82) is 0 Å². The van der Waals surface area contributed by atoms with Crippen LogP contribution in [0.2, 0.25) is 0 Å². The van der Waals surface area contributed by atoms with E-state index in [4.69, 9.17) is 5.73 Å². The molecule has 84 valence electrons. The molecule has 1 rings (SSSR count). The number of halogens is 1. The molecule has 1 aromatic heterocycles. The average molecular weight is 291 g/mol. The second kappa shape index (κ2) is 6.98. The Morgan fingerprint density at radius 2 is 2.27 bits per heavy atom. The van der Waals surface area contributed by atoms with Crippen LogP contribution in [0, 0.1) is 0 Å². The Morgan fingerprint density at radius 3 is 2.87 bits per heavy atom. The molecule has 0 aliphatic rings. The van der Waals surface area contributed by atoms with Crippen LogP contribution in [0.15, 0.2) is 15.9 Å². The maximum Gasteiger partial charge on any atom is 0.225 e. The second-order valence-corrected chi connectivity index (χ2v) is 5.78. The largest absolute Gasteiger partial charge is 0.356 e. The minimum atomic E-state index is 0.0846. The molecule has 0 unspecified atom stereocenters. The third kappa shape index (κ3) is 5.30. The molecule has 3 N–H and O–H groups in total.